The Bertz CT molecular complexity index is 1300. The number of ether oxygens (including phenoxy) is 1. The first-order valence-electron chi connectivity index (χ1n) is 11.0. The van der Waals surface area contributed by atoms with Crippen LogP contribution in [0.3, 0.4) is 0 Å². The lowest BCUT2D eigenvalue weighted by atomic mass is 10.0. The summed E-state index contributed by atoms with van der Waals surface area (Å²) in [5, 5.41) is 0.179. The summed E-state index contributed by atoms with van der Waals surface area (Å²) in [6, 6.07) is 5.57. The second-order valence-corrected chi connectivity index (χ2v) is 8.50. The minimum atomic E-state index is -4.34. The molecule has 0 N–H and O–H groups in total. The first kappa shape index (κ1) is 23.9. The molecular weight excluding hydrogens is 447 g/mol. The molecule has 0 aromatic carbocycles. The standard InChI is InChI=1S/C24H26F3N5O2/c1-14(5-7-24(25,26)27)22-21-18(29-16(3)31(4)23(21)33)12-20(30-22)32-9-10-34-19(13-32)17-6-8-28-15(2)11-17/h6,8,11-12,19H,1,5,7,9-10,13H2,2-4H3/t19-/m1/s1. The molecule has 0 spiro atoms. The molecule has 1 aliphatic rings. The number of pyridine rings is 2. The van der Waals surface area contributed by atoms with Crippen LogP contribution in [0.4, 0.5) is 19.0 Å². The third-order valence-electron chi connectivity index (χ3n) is 6.00. The maximum Gasteiger partial charge on any atom is 0.389 e. The number of aromatic nitrogens is 4. The molecule has 34 heavy (non-hydrogen) atoms. The summed E-state index contributed by atoms with van der Waals surface area (Å²) in [6.07, 6.45) is -4.22. The first-order valence-corrected chi connectivity index (χ1v) is 11.0. The Morgan fingerprint density at radius 3 is 2.74 bits per heavy atom. The number of aryl methyl sites for hydroxylation is 2. The molecule has 0 aliphatic carbocycles. The number of fused-ring (bicyclic) bond motifs is 1. The molecule has 1 atom stereocenters. The van der Waals surface area contributed by atoms with Crippen LogP contribution in [-0.2, 0) is 11.8 Å². The number of morpholine rings is 1. The Hall–Kier alpha value is -3.27. The van der Waals surface area contributed by atoms with E-state index in [4.69, 9.17) is 4.74 Å². The molecule has 0 unspecified atom stereocenters. The van der Waals surface area contributed by atoms with Crippen molar-refractivity contribution in [3.8, 4) is 0 Å². The van der Waals surface area contributed by atoms with Crippen molar-refractivity contribution in [1.82, 2.24) is 19.5 Å². The van der Waals surface area contributed by atoms with Crippen molar-refractivity contribution in [2.24, 2.45) is 7.05 Å². The van der Waals surface area contributed by atoms with E-state index in [-0.39, 0.29) is 34.7 Å². The number of hydrogen-bond acceptors (Lipinski definition) is 6. The maximum atomic E-state index is 13.0. The van der Waals surface area contributed by atoms with Crippen molar-refractivity contribution in [1.29, 1.82) is 0 Å². The van der Waals surface area contributed by atoms with Gasteiger partial charge in [0, 0.05) is 44.5 Å². The molecule has 0 bridgehead atoms. The van der Waals surface area contributed by atoms with Gasteiger partial charge in [-0.05, 0) is 43.5 Å². The van der Waals surface area contributed by atoms with Gasteiger partial charge in [0.25, 0.3) is 5.56 Å². The zero-order chi connectivity index (χ0) is 24.6. The number of nitrogens with zero attached hydrogens (tertiary/aromatic N) is 5. The summed E-state index contributed by atoms with van der Waals surface area (Å²) in [4.78, 5) is 28.4. The fraction of sp³-hybridized carbons (Fsp3) is 0.417. The Labute approximate surface area is 194 Å². The van der Waals surface area contributed by atoms with E-state index in [1.807, 2.05) is 24.0 Å². The average molecular weight is 473 g/mol. The number of allylic oxidation sites excluding steroid dienone is 1. The minimum Gasteiger partial charge on any atom is -0.370 e. The van der Waals surface area contributed by atoms with E-state index in [1.165, 1.54) is 4.57 Å². The fourth-order valence-corrected chi connectivity index (χ4v) is 4.04. The second-order valence-electron chi connectivity index (χ2n) is 8.50. The van der Waals surface area contributed by atoms with E-state index in [0.717, 1.165) is 11.3 Å². The van der Waals surface area contributed by atoms with Crippen LogP contribution in [0.5, 0.6) is 0 Å². The number of alkyl halides is 3. The Morgan fingerprint density at radius 2 is 2.03 bits per heavy atom. The predicted molar refractivity (Wildman–Crippen MR) is 124 cm³/mol. The molecule has 7 nitrogen and oxygen atoms in total. The van der Waals surface area contributed by atoms with Crippen molar-refractivity contribution in [3.63, 3.8) is 0 Å². The molecule has 0 radical (unpaired) electrons. The van der Waals surface area contributed by atoms with Crippen molar-refractivity contribution < 1.29 is 17.9 Å². The topological polar surface area (TPSA) is 73.1 Å². The van der Waals surface area contributed by atoms with Crippen molar-refractivity contribution in [2.75, 3.05) is 24.6 Å². The first-order chi connectivity index (χ1) is 16.0. The minimum absolute atomic E-state index is 0.154. The third-order valence-corrected chi connectivity index (χ3v) is 6.00. The molecule has 10 heteroatoms. The van der Waals surface area contributed by atoms with Crippen LogP contribution in [0, 0.1) is 13.8 Å². The van der Waals surface area contributed by atoms with Gasteiger partial charge in [0.15, 0.2) is 0 Å². The average Bonchev–Trinajstić information content (AvgIpc) is 2.80. The molecule has 3 aromatic heterocycles. The van der Waals surface area contributed by atoms with Crippen molar-refractivity contribution in [3.05, 3.63) is 64.1 Å². The smallest absolute Gasteiger partial charge is 0.370 e. The maximum absolute atomic E-state index is 13.0. The van der Waals surface area contributed by atoms with Crippen molar-refractivity contribution in [2.45, 2.75) is 39.0 Å². The molecule has 0 amide bonds. The molecule has 1 aliphatic heterocycles. The van der Waals surface area contributed by atoms with Gasteiger partial charge < -0.3 is 9.64 Å². The summed E-state index contributed by atoms with van der Waals surface area (Å²) in [7, 11) is 1.57. The molecule has 3 aromatic rings. The van der Waals surface area contributed by atoms with E-state index in [1.54, 1.807) is 26.2 Å². The number of halogens is 3. The van der Waals surface area contributed by atoms with Crippen LogP contribution in [-0.4, -0.2) is 45.4 Å². The van der Waals surface area contributed by atoms with E-state index < -0.39 is 12.6 Å². The fourth-order valence-electron chi connectivity index (χ4n) is 4.04. The number of hydrogen-bond donors (Lipinski definition) is 0. The Balaban J connectivity index is 1.76. The van der Waals surface area contributed by atoms with Crippen LogP contribution in [0.1, 0.15) is 41.7 Å². The van der Waals surface area contributed by atoms with Crippen LogP contribution in [0.15, 0.2) is 35.8 Å². The lowest BCUT2D eigenvalue weighted by molar-refractivity contribution is -0.133. The molecule has 1 saturated heterocycles. The normalized spacial score (nSPS) is 16.8. The van der Waals surface area contributed by atoms with Gasteiger partial charge in [-0.3, -0.25) is 14.3 Å². The Morgan fingerprint density at radius 1 is 1.26 bits per heavy atom. The largest absolute Gasteiger partial charge is 0.389 e. The highest BCUT2D eigenvalue weighted by Gasteiger charge is 2.29. The van der Waals surface area contributed by atoms with Gasteiger partial charge in [-0.1, -0.05) is 6.58 Å². The SMILES string of the molecule is C=C(CCC(F)(F)F)c1nc(N2CCO[C@@H](c3ccnc(C)c3)C2)cc2nc(C)n(C)c(=O)c12. The Kier molecular flexibility index (Phi) is 6.44. The van der Waals surface area contributed by atoms with Gasteiger partial charge in [0.05, 0.1) is 23.2 Å². The highest BCUT2D eigenvalue weighted by atomic mass is 19.4. The van der Waals surface area contributed by atoms with Gasteiger partial charge in [0.2, 0.25) is 0 Å². The van der Waals surface area contributed by atoms with E-state index in [0.29, 0.717) is 36.9 Å². The molecular formula is C24H26F3N5O2. The molecule has 0 saturated carbocycles. The predicted octanol–water partition coefficient (Wildman–Crippen LogP) is 4.27. The van der Waals surface area contributed by atoms with Gasteiger partial charge in [-0.25, -0.2) is 9.97 Å². The van der Waals surface area contributed by atoms with Crippen LogP contribution in [0.25, 0.3) is 16.5 Å². The highest BCUT2D eigenvalue weighted by molar-refractivity contribution is 5.90. The number of anilines is 1. The summed E-state index contributed by atoms with van der Waals surface area (Å²) in [5.41, 5.74) is 2.19. The monoisotopic (exact) mass is 473 g/mol. The summed E-state index contributed by atoms with van der Waals surface area (Å²) < 4.78 is 46.0. The van der Waals surface area contributed by atoms with Crippen LogP contribution < -0.4 is 10.5 Å². The van der Waals surface area contributed by atoms with Gasteiger partial charge >= 0.3 is 6.18 Å². The van der Waals surface area contributed by atoms with Gasteiger partial charge in [-0.15, -0.1) is 0 Å². The molecule has 1 fully saturated rings. The lowest BCUT2D eigenvalue weighted by Gasteiger charge is -2.34. The zero-order valence-electron chi connectivity index (χ0n) is 19.3. The molecule has 180 valence electrons. The van der Waals surface area contributed by atoms with E-state index in [9.17, 15) is 18.0 Å². The van der Waals surface area contributed by atoms with E-state index in [2.05, 4.69) is 21.5 Å². The zero-order valence-corrected chi connectivity index (χ0v) is 19.3. The highest BCUT2D eigenvalue weighted by Crippen LogP contribution is 2.32. The second kappa shape index (κ2) is 9.17. The van der Waals surface area contributed by atoms with Gasteiger partial charge in [0.1, 0.15) is 17.7 Å². The number of rotatable bonds is 5. The summed E-state index contributed by atoms with van der Waals surface area (Å²) in [6.45, 7) is 8.92. The lowest BCUT2D eigenvalue weighted by Crippen LogP contribution is -2.39. The van der Waals surface area contributed by atoms with Crippen LogP contribution >= 0.6 is 0 Å². The summed E-state index contributed by atoms with van der Waals surface area (Å²) in [5.74, 6) is 1.02. The van der Waals surface area contributed by atoms with E-state index >= 15 is 0 Å². The van der Waals surface area contributed by atoms with Gasteiger partial charge in [-0.2, -0.15) is 13.2 Å². The van der Waals surface area contributed by atoms with Crippen molar-refractivity contribution >= 4 is 22.3 Å². The molecule has 4 heterocycles. The summed E-state index contributed by atoms with van der Waals surface area (Å²) >= 11 is 0. The quantitative estimate of drug-likeness (QED) is 0.551. The molecule has 4 rings (SSSR count). The third kappa shape index (κ3) is 4.96. The van der Waals surface area contributed by atoms with Crippen LogP contribution in [0.2, 0.25) is 0 Å².